The molecule has 0 saturated heterocycles. The van der Waals surface area contributed by atoms with Gasteiger partial charge in [-0.3, -0.25) is 0 Å². The molecule has 0 aromatic heterocycles. The van der Waals surface area contributed by atoms with Crippen LogP contribution in [0.25, 0.3) is 0 Å². The van der Waals surface area contributed by atoms with Crippen LogP contribution in [-0.2, 0) is 4.74 Å². The summed E-state index contributed by atoms with van der Waals surface area (Å²) in [5.74, 6) is 0.175. The van der Waals surface area contributed by atoms with Gasteiger partial charge in [0.15, 0.2) is 0 Å². The minimum atomic E-state index is -0.195. The van der Waals surface area contributed by atoms with Crippen molar-refractivity contribution in [2.45, 2.75) is 13.8 Å². The van der Waals surface area contributed by atoms with E-state index in [1.807, 2.05) is 13.0 Å². The van der Waals surface area contributed by atoms with E-state index in [1.165, 1.54) is 6.07 Å². The number of methoxy groups -OCH3 is 1. The number of ether oxygens (including phenoxy) is 1. The minimum absolute atomic E-state index is 0.195. The highest BCUT2D eigenvalue weighted by molar-refractivity contribution is 5.51. The van der Waals surface area contributed by atoms with Gasteiger partial charge < -0.3 is 10.1 Å². The molecule has 1 aromatic rings. The van der Waals surface area contributed by atoms with Crippen molar-refractivity contribution in [2.24, 2.45) is 5.92 Å². The number of rotatable bonds is 5. The van der Waals surface area contributed by atoms with E-state index >= 15 is 0 Å². The standard InChI is InChI=1S/C12H18FNO/c1-9(8-15-3)7-14-12-10(2)5-4-6-11(12)13/h4-6,9,14H,7-8H2,1-3H3. The molecule has 0 bridgehead atoms. The van der Waals surface area contributed by atoms with Crippen molar-refractivity contribution < 1.29 is 9.13 Å². The Bertz CT molecular complexity index is 294. The lowest BCUT2D eigenvalue weighted by atomic mass is 10.1. The lowest BCUT2D eigenvalue weighted by Gasteiger charge is -2.14. The van der Waals surface area contributed by atoms with Gasteiger partial charge in [-0.05, 0) is 24.5 Å². The maximum Gasteiger partial charge on any atom is 0.146 e. The van der Waals surface area contributed by atoms with E-state index in [9.17, 15) is 4.39 Å². The summed E-state index contributed by atoms with van der Waals surface area (Å²) in [4.78, 5) is 0. The number of para-hydroxylation sites is 1. The molecule has 1 atom stereocenters. The molecule has 0 fully saturated rings. The Balaban J connectivity index is 2.57. The molecule has 84 valence electrons. The van der Waals surface area contributed by atoms with Crippen LogP contribution in [0.4, 0.5) is 10.1 Å². The summed E-state index contributed by atoms with van der Waals surface area (Å²) in [6.07, 6.45) is 0. The topological polar surface area (TPSA) is 21.3 Å². The molecule has 0 aliphatic heterocycles. The van der Waals surface area contributed by atoms with E-state index in [-0.39, 0.29) is 5.82 Å². The number of hydrogen-bond acceptors (Lipinski definition) is 2. The van der Waals surface area contributed by atoms with Crippen LogP contribution in [-0.4, -0.2) is 20.3 Å². The zero-order chi connectivity index (χ0) is 11.3. The number of hydrogen-bond donors (Lipinski definition) is 1. The second-order valence-electron chi connectivity index (χ2n) is 3.87. The molecule has 1 rings (SSSR count). The van der Waals surface area contributed by atoms with Crippen molar-refractivity contribution in [3.05, 3.63) is 29.6 Å². The quantitative estimate of drug-likeness (QED) is 0.808. The molecule has 0 heterocycles. The number of aryl methyl sites for hydroxylation is 1. The molecule has 2 nitrogen and oxygen atoms in total. The first-order chi connectivity index (χ1) is 7.15. The van der Waals surface area contributed by atoms with Gasteiger partial charge in [0.1, 0.15) is 5.82 Å². The normalized spacial score (nSPS) is 12.5. The van der Waals surface area contributed by atoms with Crippen LogP contribution >= 0.6 is 0 Å². The fourth-order valence-electron chi connectivity index (χ4n) is 1.48. The van der Waals surface area contributed by atoms with Gasteiger partial charge in [-0.2, -0.15) is 0 Å². The molecule has 1 aromatic carbocycles. The Morgan fingerprint density at radius 3 is 2.80 bits per heavy atom. The van der Waals surface area contributed by atoms with E-state index in [1.54, 1.807) is 13.2 Å². The van der Waals surface area contributed by atoms with Crippen molar-refractivity contribution in [3.63, 3.8) is 0 Å². The molecule has 0 amide bonds. The van der Waals surface area contributed by atoms with Gasteiger partial charge in [0.05, 0.1) is 12.3 Å². The minimum Gasteiger partial charge on any atom is -0.384 e. The molecular weight excluding hydrogens is 193 g/mol. The first-order valence-corrected chi connectivity index (χ1v) is 5.13. The third-order valence-corrected chi connectivity index (χ3v) is 2.30. The van der Waals surface area contributed by atoms with Crippen LogP contribution in [0.2, 0.25) is 0 Å². The Morgan fingerprint density at radius 1 is 1.47 bits per heavy atom. The van der Waals surface area contributed by atoms with Gasteiger partial charge in [0.25, 0.3) is 0 Å². The Labute approximate surface area is 90.4 Å². The van der Waals surface area contributed by atoms with Crippen LogP contribution in [0, 0.1) is 18.7 Å². The van der Waals surface area contributed by atoms with Crippen molar-refractivity contribution >= 4 is 5.69 Å². The van der Waals surface area contributed by atoms with Gasteiger partial charge in [-0.25, -0.2) is 4.39 Å². The number of halogens is 1. The van der Waals surface area contributed by atoms with E-state index in [2.05, 4.69) is 12.2 Å². The third kappa shape index (κ3) is 3.51. The smallest absolute Gasteiger partial charge is 0.146 e. The number of nitrogens with one attached hydrogen (secondary N) is 1. The average molecular weight is 211 g/mol. The first-order valence-electron chi connectivity index (χ1n) is 5.13. The summed E-state index contributed by atoms with van der Waals surface area (Å²) in [5, 5.41) is 3.11. The van der Waals surface area contributed by atoms with E-state index < -0.39 is 0 Å². The van der Waals surface area contributed by atoms with Gasteiger partial charge in [-0.1, -0.05) is 19.1 Å². The molecule has 0 aliphatic rings. The lowest BCUT2D eigenvalue weighted by molar-refractivity contribution is 0.164. The van der Waals surface area contributed by atoms with Crippen LogP contribution < -0.4 is 5.32 Å². The zero-order valence-electron chi connectivity index (χ0n) is 9.51. The molecule has 0 aliphatic carbocycles. The summed E-state index contributed by atoms with van der Waals surface area (Å²) >= 11 is 0. The molecule has 15 heavy (non-hydrogen) atoms. The summed E-state index contributed by atoms with van der Waals surface area (Å²) in [5.41, 5.74) is 1.53. The van der Waals surface area contributed by atoms with Crippen LogP contribution in [0.15, 0.2) is 18.2 Å². The van der Waals surface area contributed by atoms with Crippen molar-refractivity contribution in [3.8, 4) is 0 Å². The van der Waals surface area contributed by atoms with E-state index in [0.29, 0.717) is 18.2 Å². The van der Waals surface area contributed by atoms with Gasteiger partial charge >= 0.3 is 0 Å². The highest BCUT2D eigenvalue weighted by atomic mass is 19.1. The predicted octanol–water partition coefficient (Wildman–Crippen LogP) is 2.83. The van der Waals surface area contributed by atoms with Crippen LogP contribution in [0.5, 0.6) is 0 Å². The van der Waals surface area contributed by atoms with Crippen LogP contribution in [0.3, 0.4) is 0 Å². The first kappa shape index (κ1) is 12.0. The largest absolute Gasteiger partial charge is 0.384 e. The molecular formula is C12H18FNO. The Morgan fingerprint density at radius 2 is 2.20 bits per heavy atom. The molecule has 1 unspecified atom stereocenters. The van der Waals surface area contributed by atoms with E-state index in [0.717, 1.165) is 12.1 Å². The molecule has 1 N–H and O–H groups in total. The monoisotopic (exact) mass is 211 g/mol. The van der Waals surface area contributed by atoms with Gasteiger partial charge in [0.2, 0.25) is 0 Å². The maximum atomic E-state index is 13.4. The molecule has 3 heteroatoms. The second-order valence-corrected chi connectivity index (χ2v) is 3.87. The number of benzene rings is 1. The zero-order valence-corrected chi connectivity index (χ0v) is 9.51. The second kappa shape index (κ2) is 5.71. The summed E-state index contributed by atoms with van der Waals surface area (Å²) in [7, 11) is 1.67. The molecule has 0 radical (unpaired) electrons. The summed E-state index contributed by atoms with van der Waals surface area (Å²) < 4.78 is 18.4. The van der Waals surface area contributed by atoms with Gasteiger partial charge in [-0.15, -0.1) is 0 Å². The summed E-state index contributed by atoms with van der Waals surface area (Å²) in [6.45, 7) is 5.36. The van der Waals surface area contributed by atoms with E-state index in [4.69, 9.17) is 4.74 Å². The fraction of sp³-hybridized carbons (Fsp3) is 0.500. The highest BCUT2D eigenvalue weighted by Gasteiger charge is 2.06. The Hall–Kier alpha value is -1.09. The SMILES string of the molecule is COCC(C)CNc1c(C)cccc1F. The third-order valence-electron chi connectivity index (χ3n) is 2.30. The van der Waals surface area contributed by atoms with Gasteiger partial charge in [0, 0.05) is 13.7 Å². The van der Waals surface area contributed by atoms with Crippen molar-refractivity contribution in [1.29, 1.82) is 0 Å². The average Bonchev–Trinajstić information content (AvgIpc) is 2.17. The fourth-order valence-corrected chi connectivity index (χ4v) is 1.48. The molecule has 0 spiro atoms. The molecule has 0 saturated carbocycles. The summed E-state index contributed by atoms with van der Waals surface area (Å²) in [6, 6.07) is 5.08. The predicted molar refractivity (Wildman–Crippen MR) is 60.7 cm³/mol. The highest BCUT2D eigenvalue weighted by Crippen LogP contribution is 2.18. The van der Waals surface area contributed by atoms with Crippen molar-refractivity contribution in [1.82, 2.24) is 0 Å². The van der Waals surface area contributed by atoms with Crippen LogP contribution in [0.1, 0.15) is 12.5 Å². The Kier molecular flexibility index (Phi) is 4.56. The maximum absolute atomic E-state index is 13.4. The number of anilines is 1. The van der Waals surface area contributed by atoms with Crippen molar-refractivity contribution in [2.75, 3.05) is 25.6 Å². The lowest BCUT2D eigenvalue weighted by Crippen LogP contribution is -2.16.